The van der Waals surface area contributed by atoms with Crippen molar-refractivity contribution in [1.82, 2.24) is 19.7 Å². The quantitative estimate of drug-likeness (QED) is 0.807. The van der Waals surface area contributed by atoms with Gasteiger partial charge < -0.3 is 10.3 Å². The van der Waals surface area contributed by atoms with Crippen LogP contribution in [0.1, 0.15) is 19.5 Å². The number of anilines is 1. The van der Waals surface area contributed by atoms with Crippen molar-refractivity contribution in [2.24, 2.45) is 5.92 Å². The standard InChI is InChI=1S/C11H17N5/c1-9(2)6-16-7-11(5-15-16)13-4-10-3-12-8-14-10/h3,5,7-9,13H,4,6H2,1-2H3,(H,12,14). The Morgan fingerprint density at radius 2 is 2.31 bits per heavy atom. The Morgan fingerprint density at radius 1 is 1.44 bits per heavy atom. The maximum atomic E-state index is 4.28. The van der Waals surface area contributed by atoms with Crippen molar-refractivity contribution in [3.63, 3.8) is 0 Å². The van der Waals surface area contributed by atoms with Crippen molar-refractivity contribution in [3.05, 3.63) is 30.6 Å². The Bertz CT molecular complexity index is 415. The molecule has 0 fully saturated rings. The summed E-state index contributed by atoms with van der Waals surface area (Å²) in [4.78, 5) is 7.01. The molecule has 0 radical (unpaired) electrons. The first kappa shape index (κ1) is 10.7. The minimum atomic E-state index is 0.611. The highest BCUT2D eigenvalue weighted by Crippen LogP contribution is 2.08. The Balaban J connectivity index is 1.88. The molecule has 0 aliphatic carbocycles. The number of aromatic amines is 1. The number of nitrogens with zero attached hydrogens (tertiary/aromatic N) is 3. The average molecular weight is 219 g/mol. The summed E-state index contributed by atoms with van der Waals surface area (Å²) in [5.41, 5.74) is 2.10. The third-order valence-electron chi connectivity index (χ3n) is 2.22. The number of aromatic nitrogens is 4. The fourth-order valence-electron chi connectivity index (χ4n) is 1.51. The summed E-state index contributed by atoms with van der Waals surface area (Å²) in [6.45, 7) is 6.05. The van der Waals surface area contributed by atoms with E-state index in [4.69, 9.17) is 0 Å². The van der Waals surface area contributed by atoms with Crippen molar-refractivity contribution < 1.29 is 0 Å². The van der Waals surface area contributed by atoms with Gasteiger partial charge in [0.1, 0.15) is 0 Å². The lowest BCUT2D eigenvalue weighted by molar-refractivity contribution is 0.483. The fourth-order valence-corrected chi connectivity index (χ4v) is 1.51. The molecule has 0 atom stereocenters. The molecular formula is C11H17N5. The van der Waals surface area contributed by atoms with Crippen LogP contribution in [0.4, 0.5) is 5.69 Å². The van der Waals surface area contributed by atoms with E-state index in [1.807, 2.05) is 23.3 Å². The van der Waals surface area contributed by atoms with Crippen molar-refractivity contribution >= 4 is 5.69 Å². The van der Waals surface area contributed by atoms with Gasteiger partial charge in [-0.05, 0) is 5.92 Å². The molecule has 2 rings (SSSR count). The normalized spacial score (nSPS) is 10.9. The van der Waals surface area contributed by atoms with Crippen molar-refractivity contribution in [1.29, 1.82) is 0 Å². The molecule has 16 heavy (non-hydrogen) atoms. The molecule has 0 aromatic carbocycles. The van der Waals surface area contributed by atoms with Gasteiger partial charge in [-0.25, -0.2) is 4.98 Å². The topological polar surface area (TPSA) is 58.5 Å². The lowest BCUT2D eigenvalue weighted by Gasteiger charge is -2.03. The van der Waals surface area contributed by atoms with Gasteiger partial charge in [0.05, 0.1) is 30.5 Å². The average Bonchev–Trinajstić information content (AvgIpc) is 2.84. The summed E-state index contributed by atoms with van der Waals surface area (Å²) in [7, 11) is 0. The monoisotopic (exact) mass is 219 g/mol. The lowest BCUT2D eigenvalue weighted by atomic mass is 10.2. The van der Waals surface area contributed by atoms with Gasteiger partial charge in [0.2, 0.25) is 0 Å². The van der Waals surface area contributed by atoms with E-state index in [1.165, 1.54) is 0 Å². The molecule has 5 heteroatoms. The first-order chi connectivity index (χ1) is 7.74. The summed E-state index contributed by atoms with van der Waals surface area (Å²) < 4.78 is 1.96. The van der Waals surface area contributed by atoms with E-state index in [9.17, 15) is 0 Å². The number of rotatable bonds is 5. The van der Waals surface area contributed by atoms with Crippen LogP contribution in [-0.4, -0.2) is 19.7 Å². The van der Waals surface area contributed by atoms with Crippen LogP contribution in [0.5, 0.6) is 0 Å². The van der Waals surface area contributed by atoms with E-state index >= 15 is 0 Å². The van der Waals surface area contributed by atoms with E-state index in [2.05, 4.69) is 34.2 Å². The third kappa shape index (κ3) is 2.85. The molecule has 0 unspecified atom stereocenters. The van der Waals surface area contributed by atoms with Crippen LogP contribution in [-0.2, 0) is 13.1 Å². The van der Waals surface area contributed by atoms with Crippen molar-refractivity contribution in [3.8, 4) is 0 Å². The molecule has 0 aliphatic rings. The summed E-state index contributed by atoms with van der Waals surface area (Å²) in [5.74, 6) is 0.611. The maximum absolute atomic E-state index is 4.28. The van der Waals surface area contributed by atoms with Gasteiger partial charge in [0, 0.05) is 18.9 Å². The third-order valence-corrected chi connectivity index (χ3v) is 2.22. The van der Waals surface area contributed by atoms with Crippen LogP contribution >= 0.6 is 0 Å². The molecule has 0 bridgehead atoms. The molecule has 0 spiro atoms. The minimum Gasteiger partial charge on any atom is -0.377 e. The van der Waals surface area contributed by atoms with Crippen LogP contribution in [0.2, 0.25) is 0 Å². The van der Waals surface area contributed by atoms with Crippen LogP contribution in [0.3, 0.4) is 0 Å². The molecule has 0 aliphatic heterocycles. The van der Waals surface area contributed by atoms with Crippen LogP contribution in [0.15, 0.2) is 24.9 Å². The van der Waals surface area contributed by atoms with Crippen molar-refractivity contribution in [2.75, 3.05) is 5.32 Å². The fraction of sp³-hybridized carbons (Fsp3) is 0.455. The summed E-state index contributed by atoms with van der Waals surface area (Å²) in [6.07, 6.45) is 7.36. The van der Waals surface area contributed by atoms with Gasteiger partial charge in [-0.15, -0.1) is 0 Å². The molecule has 86 valence electrons. The van der Waals surface area contributed by atoms with Crippen molar-refractivity contribution in [2.45, 2.75) is 26.9 Å². The summed E-state index contributed by atoms with van der Waals surface area (Å²) in [6, 6.07) is 0. The smallest absolute Gasteiger partial charge is 0.0922 e. The van der Waals surface area contributed by atoms with E-state index in [0.717, 1.165) is 24.5 Å². The van der Waals surface area contributed by atoms with Gasteiger partial charge in [-0.2, -0.15) is 5.10 Å². The molecule has 2 aromatic heterocycles. The van der Waals surface area contributed by atoms with Gasteiger partial charge in [-0.3, -0.25) is 4.68 Å². The largest absolute Gasteiger partial charge is 0.377 e. The Hall–Kier alpha value is -1.78. The summed E-state index contributed by atoms with van der Waals surface area (Å²) >= 11 is 0. The molecule has 2 heterocycles. The highest BCUT2D eigenvalue weighted by molar-refractivity contribution is 5.38. The van der Waals surface area contributed by atoms with Gasteiger partial charge >= 0.3 is 0 Å². The second-order valence-corrected chi connectivity index (χ2v) is 4.28. The first-order valence-electron chi connectivity index (χ1n) is 5.47. The number of hydrogen-bond acceptors (Lipinski definition) is 3. The Morgan fingerprint density at radius 3 is 3.00 bits per heavy atom. The Kier molecular flexibility index (Phi) is 3.24. The number of H-pyrrole nitrogens is 1. The van der Waals surface area contributed by atoms with Crippen LogP contribution in [0.25, 0.3) is 0 Å². The molecule has 0 amide bonds. The molecule has 0 saturated carbocycles. The van der Waals surface area contributed by atoms with Gasteiger partial charge in [0.25, 0.3) is 0 Å². The highest BCUT2D eigenvalue weighted by Gasteiger charge is 2.00. The highest BCUT2D eigenvalue weighted by atomic mass is 15.3. The second kappa shape index (κ2) is 4.83. The molecule has 5 nitrogen and oxygen atoms in total. The number of hydrogen-bond donors (Lipinski definition) is 2. The van der Waals surface area contributed by atoms with Gasteiger partial charge in [0.15, 0.2) is 0 Å². The Labute approximate surface area is 94.9 Å². The number of nitrogens with one attached hydrogen (secondary N) is 2. The van der Waals surface area contributed by atoms with Crippen LogP contribution < -0.4 is 5.32 Å². The first-order valence-corrected chi connectivity index (χ1v) is 5.47. The predicted octanol–water partition coefficient (Wildman–Crippen LogP) is 1.87. The second-order valence-electron chi connectivity index (χ2n) is 4.28. The molecule has 0 saturated heterocycles. The maximum Gasteiger partial charge on any atom is 0.0922 e. The molecule has 2 N–H and O–H groups in total. The predicted molar refractivity (Wildman–Crippen MR) is 63.0 cm³/mol. The van der Waals surface area contributed by atoms with Crippen LogP contribution in [0, 0.1) is 5.92 Å². The zero-order chi connectivity index (χ0) is 11.4. The zero-order valence-electron chi connectivity index (χ0n) is 9.64. The molecular weight excluding hydrogens is 202 g/mol. The minimum absolute atomic E-state index is 0.611. The van der Waals surface area contributed by atoms with E-state index in [1.54, 1.807) is 6.33 Å². The SMILES string of the molecule is CC(C)Cn1cc(NCc2cnc[nH]2)cn1. The van der Waals surface area contributed by atoms with E-state index in [0.29, 0.717) is 5.92 Å². The molecule has 2 aromatic rings. The zero-order valence-corrected chi connectivity index (χ0v) is 9.64. The number of imidazole rings is 1. The summed E-state index contributed by atoms with van der Waals surface area (Å²) in [5, 5.41) is 7.57. The lowest BCUT2D eigenvalue weighted by Crippen LogP contribution is -2.04. The van der Waals surface area contributed by atoms with Gasteiger partial charge in [-0.1, -0.05) is 13.8 Å². The van der Waals surface area contributed by atoms with E-state index in [-0.39, 0.29) is 0 Å². The van der Waals surface area contributed by atoms with E-state index < -0.39 is 0 Å².